The number of rotatable bonds is 6. The van der Waals surface area contributed by atoms with Gasteiger partial charge in [0, 0.05) is 19.4 Å². The number of hydrazone groups is 1. The van der Waals surface area contributed by atoms with Gasteiger partial charge in [-0.15, -0.1) is 0 Å². The van der Waals surface area contributed by atoms with Crippen molar-refractivity contribution in [2.45, 2.75) is 51.5 Å². The van der Waals surface area contributed by atoms with Crippen LogP contribution in [0.15, 0.2) is 29.4 Å². The summed E-state index contributed by atoms with van der Waals surface area (Å²) in [6, 6.07) is 5.73. The van der Waals surface area contributed by atoms with E-state index in [2.05, 4.69) is 10.4 Å². The lowest BCUT2D eigenvalue weighted by Crippen LogP contribution is -2.47. The zero-order valence-electron chi connectivity index (χ0n) is 15.6. The smallest absolute Gasteiger partial charge is 0.311 e. The van der Waals surface area contributed by atoms with Crippen LogP contribution in [0.1, 0.15) is 50.5 Å². The number of benzene rings is 1. The number of carboxylic acid groups (broad SMARTS) is 1. The van der Waals surface area contributed by atoms with Crippen molar-refractivity contribution in [1.29, 1.82) is 0 Å². The van der Waals surface area contributed by atoms with Crippen LogP contribution in [0.4, 0.5) is 4.39 Å². The van der Waals surface area contributed by atoms with Gasteiger partial charge in [-0.2, -0.15) is 5.10 Å². The Morgan fingerprint density at radius 3 is 2.46 bits per heavy atom. The van der Waals surface area contributed by atoms with Crippen molar-refractivity contribution in [3.63, 3.8) is 0 Å². The Hall–Kier alpha value is -2.77. The van der Waals surface area contributed by atoms with Crippen molar-refractivity contribution >= 4 is 23.5 Å². The molecule has 2 aliphatic rings. The number of hydrogen-bond donors (Lipinski definition) is 2. The van der Waals surface area contributed by atoms with Gasteiger partial charge in [-0.05, 0) is 30.5 Å². The summed E-state index contributed by atoms with van der Waals surface area (Å²) >= 11 is 0. The van der Waals surface area contributed by atoms with Crippen LogP contribution in [0.5, 0.6) is 0 Å². The fraction of sp³-hybridized carbons (Fsp3) is 0.500. The maximum atomic E-state index is 13.0. The quantitative estimate of drug-likeness (QED) is 0.781. The summed E-state index contributed by atoms with van der Waals surface area (Å²) in [4.78, 5) is 36.4. The number of nitrogens with one attached hydrogen (secondary N) is 1. The molecule has 1 aromatic carbocycles. The second-order valence-corrected chi connectivity index (χ2v) is 7.45. The maximum absolute atomic E-state index is 13.0. The summed E-state index contributed by atoms with van der Waals surface area (Å²) in [6.07, 6.45) is 4.14. The van der Waals surface area contributed by atoms with Crippen LogP contribution in [0, 0.1) is 11.2 Å². The molecule has 150 valence electrons. The van der Waals surface area contributed by atoms with E-state index in [1.165, 1.54) is 17.1 Å². The van der Waals surface area contributed by atoms with Crippen molar-refractivity contribution in [3.8, 4) is 0 Å². The third kappa shape index (κ3) is 4.55. The highest BCUT2D eigenvalue weighted by atomic mass is 19.1. The number of halogens is 1. The van der Waals surface area contributed by atoms with E-state index >= 15 is 0 Å². The van der Waals surface area contributed by atoms with Gasteiger partial charge in [0.15, 0.2) is 0 Å². The number of nitrogens with zero attached hydrogens (tertiary/aromatic N) is 2. The number of carbonyl (C=O) groups excluding carboxylic acids is 2. The van der Waals surface area contributed by atoms with Crippen molar-refractivity contribution in [1.82, 2.24) is 10.3 Å². The SMILES string of the molecule is O=C(NCC1(C(=O)O)CCCCC1)C1=NN(Cc2ccc(F)cc2)C(=O)CC1. The molecule has 1 saturated carbocycles. The Bertz CT molecular complexity index is 785. The van der Waals surface area contributed by atoms with Crippen LogP contribution >= 0.6 is 0 Å². The van der Waals surface area contributed by atoms with Crippen LogP contribution in [-0.4, -0.2) is 40.2 Å². The van der Waals surface area contributed by atoms with Gasteiger partial charge in [-0.3, -0.25) is 14.4 Å². The predicted molar refractivity (Wildman–Crippen MR) is 99.8 cm³/mol. The molecule has 1 aliphatic heterocycles. The van der Waals surface area contributed by atoms with Crippen LogP contribution in [0.3, 0.4) is 0 Å². The summed E-state index contributed by atoms with van der Waals surface area (Å²) in [5, 5.41) is 17.7. The summed E-state index contributed by atoms with van der Waals surface area (Å²) in [5.41, 5.74) is -0.0162. The van der Waals surface area contributed by atoms with Gasteiger partial charge < -0.3 is 10.4 Å². The molecule has 28 heavy (non-hydrogen) atoms. The van der Waals surface area contributed by atoms with Gasteiger partial charge in [-0.25, -0.2) is 9.40 Å². The Morgan fingerprint density at radius 2 is 1.82 bits per heavy atom. The molecule has 1 aromatic rings. The van der Waals surface area contributed by atoms with E-state index in [9.17, 15) is 23.9 Å². The Morgan fingerprint density at radius 1 is 1.14 bits per heavy atom. The van der Waals surface area contributed by atoms with E-state index in [-0.39, 0.29) is 43.4 Å². The largest absolute Gasteiger partial charge is 0.481 e. The predicted octanol–water partition coefficient (Wildman–Crippen LogP) is 2.46. The lowest BCUT2D eigenvalue weighted by molar-refractivity contribution is -0.150. The molecule has 0 radical (unpaired) electrons. The average molecular weight is 389 g/mol. The van der Waals surface area contributed by atoms with E-state index in [1.54, 1.807) is 12.1 Å². The molecule has 1 heterocycles. The lowest BCUT2D eigenvalue weighted by Gasteiger charge is -2.33. The lowest BCUT2D eigenvalue weighted by atomic mass is 9.74. The van der Waals surface area contributed by atoms with E-state index < -0.39 is 17.3 Å². The average Bonchev–Trinajstić information content (AvgIpc) is 2.70. The summed E-state index contributed by atoms with van der Waals surface area (Å²) in [7, 11) is 0. The third-order valence-corrected chi connectivity index (χ3v) is 5.46. The maximum Gasteiger partial charge on any atom is 0.311 e. The highest BCUT2D eigenvalue weighted by Crippen LogP contribution is 2.36. The normalized spacial score (nSPS) is 19.1. The molecule has 2 amide bonds. The zero-order chi connectivity index (χ0) is 20.1. The Balaban J connectivity index is 1.65. The van der Waals surface area contributed by atoms with Gasteiger partial charge in [0.2, 0.25) is 5.91 Å². The molecule has 0 aromatic heterocycles. The van der Waals surface area contributed by atoms with Gasteiger partial charge in [0.05, 0.1) is 12.0 Å². The summed E-state index contributed by atoms with van der Waals surface area (Å²) in [6.45, 7) is 0.209. The molecular formula is C20H24FN3O4. The van der Waals surface area contributed by atoms with E-state index in [0.717, 1.165) is 19.3 Å². The monoisotopic (exact) mass is 389 g/mol. The molecular weight excluding hydrogens is 365 g/mol. The van der Waals surface area contributed by atoms with Crippen molar-refractivity contribution in [2.75, 3.05) is 6.54 Å². The first-order valence-electron chi connectivity index (χ1n) is 9.53. The molecule has 0 unspecified atom stereocenters. The fourth-order valence-electron chi connectivity index (χ4n) is 3.70. The van der Waals surface area contributed by atoms with Crippen molar-refractivity contribution < 1.29 is 23.9 Å². The van der Waals surface area contributed by atoms with E-state index in [1.807, 2.05) is 0 Å². The third-order valence-electron chi connectivity index (χ3n) is 5.46. The molecule has 1 aliphatic carbocycles. The highest BCUT2D eigenvalue weighted by Gasteiger charge is 2.40. The zero-order valence-corrected chi connectivity index (χ0v) is 15.6. The molecule has 7 nitrogen and oxygen atoms in total. The van der Waals surface area contributed by atoms with Gasteiger partial charge in [0.25, 0.3) is 5.91 Å². The van der Waals surface area contributed by atoms with E-state index in [0.29, 0.717) is 18.4 Å². The van der Waals surface area contributed by atoms with Crippen molar-refractivity contribution in [3.05, 3.63) is 35.6 Å². The van der Waals surface area contributed by atoms with Gasteiger partial charge in [-0.1, -0.05) is 31.4 Å². The van der Waals surface area contributed by atoms with Gasteiger partial charge in [0.1, 0.15) is 11.5 Å². The second kappa shape index (κ2) is 8.50. The molecule has 0 atom stereocenters. The minimum Gasteiger partial charge on any atom is -0.481 e. The number of amides is 2. The standard InChI is InChI=1S/C20H24FN3O4/c21-15-6-4-14(5-7-15)12-24-17(25)9-8-16(23-24)18(26)22-13-20(19(27)28)10-2-1-3-11-20/h4-7H,1-3,8-13H2,(H,22,26)(H,27,28). The second-order valence-electron chi connectivity index (χ2n) is 7.45. The highest BCUT2D eigenvalue weighted by molar-refractivity contribution is 6.39. The topological polar surface area (TPSA) is 99.1 Å². The molecule has 3 rings (SSSR count). The summed E-state index contributed by atoms with van der Waals surface area (Å²) < 4.78 is 13.0. The Labute approximate surface area is 162 Å². The Kier molecular flexibility index (Phi) is 6.06. The molecule has 0 spiro atoms. The number of carbonyl (C=O) groups is 3. The first-order valence-corrected chi connectivity index (χ1v) is 9.53. The number of aliphatic carboxylic acids is 1. The number of hydrogen-bond acceptors (Lipinski definition) is 4. The first kappa shape index (κ1) is 20.0. The minimum atomic E-state index is -0.924. The van der Waals surface area contributed by atoms with Crippen molar-refractivity contribution in [2.24, 2.45) is 10.5 Å². The molecule has 1 fully saturated rings. The van der Waals surface area contributed by atoms with Crippen LogP contribution in [0.25, 0.3) is 0 Å². The molecule has 2 N–H and O–H groups in total. The molecule has 0 bridgehead atoms. The van der Waals surface area contributed by atoms with Crippen LogP contribution in [-0.2, 0) is 20.9 Å². The van der Waals surface area contributed by atoms with Crippen LogP contribution in [0.2, 0.25) is 0 Å². The molecule has 0 saturated heterocycles. The molecule has 8 heteroatoms. The number of carboxylic acids is 1. The summed E-state index contributed by atoms with van der Waals surface area (Å²) in [5.74, 6) is -1.91. The minimum absolute atomic E-state index is 0.0616. The fourth-order valence-corrected chi connectivity index (χ4v) is 3.70. The van der Waals surface area contributed by atoms with Gasteiger partial charge >= 0.3 is 5.97 Å². The first-order chi connectivity index (χ1) is 13.4. The van der Waals surface area contributed by atoms with Crippen LogP contribution < -0.4 is 5.32 Å². The van der Waals surface area contributed by atoms with E-state index in [4.69, 9.17) is 0 Å².